The Labute approximate surface area is 153 Å². The van der Waals surface area contributed by atoms with Crippen molar-refractivity contribution < 1.29 is 4.79 Å². The van der Waals surface area contributed by atoms with Crippen LogP contribution in [0.15, 0.2) is 66.7 Å². The minimum atomic E-state index is -2.00. The van der Waals surface area contributed by atoms with Crippen LogP contribution in [0.4, 0.5) is 0 Å². The number of Topliss-reactive ketones (excluding diaryl/α,β-unsaturated/α-hetero) is 1. The first-order valence-corrected chi connectivity index (χ1v) is 8.55. The van der Waals surface area contributed by atoms with E-state index >= 15 is 0 Å². The number of hydrogen-bond donors (Lipinski definition) is 0. The summed E-state index contributed by atoms with van der Waals surface area (Å²) in [6.07, 6.45) is 0. The lowest BCUT2D eigenvalue weighted by atomic mass is 9.92. The predicted octanol–water partition coefficient (Wildman–Crippen LogP) is 6.70. The van der Waals surface area contributed by atoms with Gasteiger partial charge in [0.05, 0.1) is 0 Å². The number of carbonyl (C=O) groups excluding carboxylic acids is 1. The summed E-state index contributed by atoms with van der Waals surface area (Å²) in [4.78, 5) is 12.8. The van der Waals surface area contributed by atoms with Crippen molar-refractivity contribution in [3.63, 3.8) is 0 Å². The Morgan fingerprint density at radius 3 is 2.00 bits per heavy atom. The van der Waals surface area contributed by atoms with E-state index in [1.165, 1.54) is 0 Å². The van der Waals surface area contributed by atoms with Crippen molar-refractivity contribution in [3.05, 3.63) is 72.3 Å². The number of halogens is 3. The summed E-state index contributed by atoms with van der Waals surface area (Å²) in [5.41, 5.74) is 0.453. The maximum absolute atomic E-state index is 12.8. The molecule has 0 fully saturated rings. The minimum Gasteiger partial charge on any atom is -0.289 e. The standard InChI is InChI=1S/C20H11Cl3O/c21-20(22,23)19(24)18-15-8-4-2-6-13(15)11-17-14-7-3-1-5-12(14)9-10-16(17)18/h1-11H. The van der Waals surface area contributed by atoms with Gasteiger partial charge in [-0.3, -0.25) is 4.79 Å². The van der Waals surface area contributed by atoms with Gasteiger partial charge in [0.2, 0.25) is 5.78 Å². The Morgan fingerprint density at radius 2 is 1.29 bits per heavy atom. The summed E-state index contributed by atoms with van der Waals surface area (Å²) >= 11 is 17.8. The van der Waals surface area contributed by atoms with Crippen molar-refractivity contribution in [2.75, 3.05) is 0 Å². The molecule has 0 aromatic heterocycles. The Morgan fingerprint density at radius 1 is 0.667 bits per heavy atom. The van der Waals surface area contributed by atoms with Crippen LogP contribution in [0.3, 0.4) is 0 Å². The topological polar surface area (TPSA) is 17.1 Å². The third-order valence-corrected chi connectivity index (χ3v) is 4.77. The number of carbonyl (C=O) groups is 1. The van der Waals surface area contributed by atoms with Crippen LogP contribution >= 0.6 is 34.8 Å². The molecule has 24 heavy (non-hydrogen) atoms. The van der Waals surface area contributed by atoms with Crippen molar-refractivity contribution in [2.45, 2.75) is 3.79 Å². The van der Waals surface area contributed by atoms with Gasteiger partial charge >= 0.3 is 0 Å². The summed E-state index contributed by atoms with van der Waals surface area (Å²) in [6, 6.07) is 21.7. The van der Waals surface area contributed by atoms with E-state index in [0.29, 0.717) is 5.56 Å². The molecule has 1 nitrogen and oxygen atoms in total. The second-order valence-electron chi connectivity index (χ2n) is 5.68. The second-order valence-corrected chi connectivity index (χ2v) is 7.96. The molecule has 118 valence electrons. The molecule has 0 aliphatic rings. The van der Waals surface area contributed by atoms with Gasteiger partial charge in [0.25, 0.3) is 3.79 Å². The van der Waals surface area contributed by atoms with Crippen LogP contribution in [-0.4, -0.2) is 9.58 Å². The molecule has 0 heterocycles. The summed E-state index contributed by atoms with van der Waals surface area (Å²) in [6.45, 7) is 0. The highest BCUT2D eigenvalue weighted by atomic mass is 35.6. The van der Waals surface area contributed by atoms with Gasteiger partial charge in [-0.15, -0.1) is 0 Å². The third-order valence-electron chi connectivity index (χ3n) is 4.25. The molecule has 0 aliphatic carbocycles. The van der Waals surface area contributed by atoms with E-state index in [9.17, 15) is 4.79 Å². The lowest BCUT2D eigenvalue weighted by Crippen LogP contribution is -2.19. The quantitative estimate of drug-likeness (QED) is 0.157. The zero-order valence-electron chi connectivity index (χ0n) is 12.4. The van der Waals surface area contributed by atoms with Crippen molar-refractivity contribution in [3.8, 4) is 0 Å². The molecule has 0 N–H and O–H groups in total. The molecule has 0 saturated heterocycles. The molecule has 0 saturated carbocycles. The van der Waals surface area contributed by atoms with Gasteiger partial charge in [0.1, 0.15) is 0 Å². The SMILES string of the molecule is O=C(c1c2ccccc2cc2c1ccc1ccccc12)C(Cl)(Cl)Cl. The fourth-order valence-corrected chi connectivity index (χ4v) is 3.49. The highest BCUT2D eigenvalue weighted by molar-refractivity contribution is 6.78. The van der Waals surface area contributed by atoms with Crippen LogP contribution in [-0.2, 0) is 0 Å². The predicted molar refractivity (Wildman–Crippen MR) is 104 cm³/mol. The van der Waals surface area contributed by atoms with Gasteiger partial charge < -0.3 is 0 Å². The Hall–Kier alpha value is -1.80. The van der Waals surface area contributed by atoms with Crippen LogP contribution in [0, 0.1) is 0 Å². The molecule has 4 rings (SSSR count). The smallest absolute Gasteiger partial charge is 0.253 e. The van der Waals surface area contributed by atoms with Crippen LogP contribution in [0.2, 0.25) is 0 Å². The molecule has 0 bridgehead atoms. The largest absolute Gasteiger partial charge is 0.289 e. The first kappa shape index (κ1) is 15.7. The number of ketones is 1. The zero-order valence-corrected chi connectivity index (χ0v) is 14.7. The Kier molecular flexibility index (Phi) is 3.69. The van der Waals surface area contributed by atoms with Gasteiger partial charge in [-0.25, -0.2) is 0 Å². The van der Waals surface area contributed by atoms with Crippen molar-refractivity contribution in [1.82, 2.24) is 0 Å². The first-order chi connectivity index (χ1) is 11.5. The minimum absolute atomic E-state index is 0.453. The van der Waals surface area contributed by atoms with Crippen LogP contribution in [0.5, 0.6) is 0 Å². The second kappa shape index (κ2) is 5.63. The highest BCUT2D eigenvalue weighted by Crippen LogP contribution is 2.38. The molecule has 4 aromatic carbocycles. The van der Waals surface area contributed by atoms with Gasteiger partial charge in [0, 0.05) is 5.56 Å². The molecule has 0 atom stereocenters. The first-order valence-electron chi connectivity index (χ1n) is 7.41. The van der Waals surface area contributed by atoms with E-state index in [1.807, 2.05) is 60.7 Å². The van der Waals surface area contributed by atoms with Crippen LogP contribution < -0.4 is 0 Å². The van der Waals surface area contributed by atoms with Gasteiger partial charge in [-0.05, 0) is 38.4 Å². The molecular formula is C20H11Cl3O. The Bertz CT molecular complexity index is 1110. The lowest BCUT2D eigenvalue weighted by molar-refractivity contribution is 0.0999. The summed E-state index contributed by atoms with van der Waals surface area (Å²) in [7, 11) is 0. The van der Waals surface area contributed by atoms with Crippen molar-refractivity contribution in [2.24, 2.45) is 0 Å². The third kappa shape index (κ3) is 2.44. The van der Waals surface area contributed by atoms with Gasteiger partial charge in [-0.2, -0.15) is 0 Å². The van der Waals surface area contributed by atoms with Gasteiger partial charge in [0.15, 0.2) is 0 Å². The molecule has 0 unspecified atom stereocenters. The molecule has 0 spiro atoms. The molecule has 0 aliphatic heterocycles. The number of fused-ring (bicyclic) bond motifs is 4. The summed E-state index contributed by atoms with van der Waals surface area (Å²) in [5.74, 6) is -0.510. The van der Waals surface area contributed by atoms with E-state index in [1.54, 1.807) is 0 Å². The maximum atomic E-state index is 12.8. The molecular weight excluding hydrogens is 363 g/mol. The Balaban J connectivity index is 2.25. The fourth-order valence-electron chi connectivity index (χ4n) is 3.21. The molecule has 4 aromatic rings. The zero-order chi connectivity index (χ0) is 16.9. The number of benzene rings is 4. The van der Waals surface area contributed by atoms with E-state index in [4.69, 9.17) is 34.8 Å². The summed E-state index contributed by atoms with van der Waals surface area (Å²) in [5, 5.41) is 5.68. The van der Waals surface area contributed by atoms with E-state index < -0.39 is 9.58 Å². The van der Waals surface area contributed by atoms with Crippen LogP contribution in [0.25, 0.3) is 32.3 Å². The lowest BCUT2D eigenvalue weighted by Gasteiger charge is -2.16. The molecule has 0 radical (unpaired) electrons. The highest BCUT2D eigenvalue weighted by Gasteiger charge is 2.34. The average Bonchev–Trinajstić information content (AvgIpc) is 2.58. The number of rotatable bonds is 1. The number of alkyl halides is 3. The molecule has 4 heteroatoms. The fraction of sp³-hybridized carbons (Fsp3) is 0.0500. The van der Waals surface area contributed by atoms with E-state index in [0.717, 1.165) is 32.3 Å². The van der Waals surface area contributed by atoms with E-state index in [-0.39, 0.29) is 0 Å². The average molecular weight is 374 g/mol. The maximum Gasteiger partial charge on any atom is 0.253 e. The van der Waals surface area contributed by atoms with Crippen molar-refractivity contribution >= 4 is 72.9 Å². The normalized spacial score (nSPS) is 12.1. The monoisotopic (exact) mass is 372 g/mol. The van der Waals surface area contributed by atoms with Crippen LogP contribution in [0.1, 0.15) is 10.4 Å². The molecule has 0 amide bonds. The van der Waals surface area contributed by atoms with Gasteiger partial charge in [-0.1, -0.05) is 95.5 Å². The van der Waals surface area contributed by atoms with Crippen molar-refractivity contribution in [1.29, 1.82) is 0 Å². The summed E-state index contributed by atoms with van der Waals surface area (Å²) < 4.78 is -2.00. The van der Waals surface area contributed by atoms with E-state index in [2.05, 4.69) is 6.07 Å². The number of hydrogen-bond acceptors (Lipinski definition) is 1.